The number of thioether (sulfide) groups is 1. The van der Waals surface area contributed by atoms with E-state index in [-0.39, 0.29) is 0 Å². The summed E-state index contributed by atoms with van der Waals surface area (Å²) in [4.78, 5) is 0. The third-order valence-corrected chi connectivity index (χ3v) is 3.19. The van der Waals surface area contributed by atoms with Gasteiger partial charge in [-0.1, -0.05) is 13.8 Å². The van der Waals surface area contributed by atoms with E-state index in [1.54, 1.807) is 0 Å². The van der Waals surface area contributed by atoms with E-state index in [1.165, 1.54) is 18.7 Å². The summed E-state index contributed by atoms with van der Waals surface area (Å²) in [5, 5.41) is 4.32. The van der Waals surface area contributed by atoms with Gasteiger partial charge in [0.15, 0.2) is 0 Å². The Morgan fingerprint density at radius 1 is 1.67 bits per heavy atom. The van der Waals surface area contributed by atoms with E-state index in [1.807, 2.05) is 0 Å². The van der Waals surface area contributed by atoms with Gasteiger partial charge in [0, 0.05) is 23.6 Å². The second-order valence-electron chi connectivity index (χ2n) is 2.54. The normalized spacial score (nSPS) is 36.7. The van der Waals surface area contributed by atoms with Crippen LogP contribution >= 0.6 is 11.8 Å². The summed E-state index contributed by atoms with van der Waals surface area (Å²) in [5.74, 6) is 1.29. The van der Waals surface area contributed by atoms with Gasteiger partial charge < -0.3 is 5.32 Å². The van der Waals surface area contributed by atoms with Crippen molar-refractivity contribution in [3.63, 3.8) is 0 Å². The molecular formula is C7H15NS. The topological polar surface area (TPSA) is 12.0 Å². The van der Waals surface area contributed by atoms with Crippen molar-refractivity contribution in [3.8, 4) is 0 Å². The van der Waals surface area contributed by atoms with Gasteiger partial charge in [-0.25, -0.2) is 0 Å². The van der Waals surface area contributed by atoms with Gasteiger partial charge in [0.25, 0.3) is 0 Å². The zero-order valence-electron chi connectivity index (χ0n) is 6.18. The van der Waals surface area contributed by atoms with Crippen LogP contribution in [0.2, 0.25) is 0 Å². The average molecular weight is 145 g/mol. The first-order valence-corrected chi connectivity index (χ1v) is 4.74. The van der Waals surface area contributed by atoms with Crippen LogP contribution in [-0.4, -0.2) is 23.6 Å². The Morgan fingerprint density at radius 2 is 2.44 bits per heavy atom. The van der Waals surface area contributed by atoms with Gasteiger partial charge in [-0.15, -0.1) is 0 Å². The lowest BCUT2D eigenvalue weighted by Crippen LogP contribution is -2.41. The Labute approximate surface area is 61.6 Å². The summed E-state index contributed by atoms with van der Waals surface area (Å²) in [6.45, 7) is 5.76. The fraction of sp³-hybridized carbons (Fsp3) is 1.00. The Kier molecular flexibility index (Phi) is 2.86. The van der Waals surface area contributed by atoms with Crippen molar-refractivity contribution in [2.24, 2.45) is 0 Å². The van der Waals surface area contributed by atoms with E-state index in [9.17, 15) is 0 Å². The summed E-state index contributed by atoms with van der Waals surface area (Å²) in [6.07, 6.45) is 1.27. The van der Waals surface area contributed by atoms with Crippen molar-refractivity contribution in [1.29, 1.82) is 0 Å². The van der Waals surface area contributed by atoms with E-state index < -0.39 is 0 Å². The molecule has 1 rings (SSSR count). The summed E-state index contributed by atoms with van der Waals surface area (Å²) in [7, 11) is 0. The Balaban J connectivity index is 2.30. The van der Waals surface area contributed by atoms with Gasteiger partial charge in [-0.2, -0.15) is 11.8 Å². The lowest BCUT2D eigenvalue weighted by atomic mass is 10.1. The van der Waals surface area contributed by atoms with Gasteiger partial charge in [0.2, 0.25) is 0 Å². The van der Waals surface area contributed by atoms with Crippen LogP contribution in [0.3, 0.4) is 0 Å². The first-order valence-electron chi connectivity index (χ1n) is 3.69. The molecule has 0 saturated carbocycles. The largest absolute Gasteiger partial charge is 0.312 e. The fourth-order valence-electron chi connectivity index (χ4n) is 1.25. The summed E-state index contributed by atoms with van der Waals surface area (Å²) >= 11 is 2.09. The zero-order chi connectivity index (χ0) is 6.69. The molecule has 0 aliphatic carbocycles. The van der Waals surface area contributed by atoms with E-state index in [2.05, 4.69) is 30.9 Å². The third kappa shape index (κ3) is 1.87. The highest BCUT2D eigenvalue weighted by Crippen LogP contribution is 2.19. The van der Waals surface area contributed by atoms with Crippen LogP contribution in [0.1, 0.15) is 20.3 Å². The number of rotatable bonds is 1. The summed E-state index contributed by atoms with van der Waals surface area (Å²) in [6, 6.07) is 0.767. The zero-order valence-corrected chi connectivity index (χ0v) is 7.00. The first-order chi connectivity index (χ1) is 4.34. The molecule has 9 heavy (non-hydrogen) atoms. The second-order valence-corrected chi connectivity index (χ2v) is 4.03. The van der Waals surface area contributed by atoms with Crippen molar-refractivity contribution in [3.05, 3.63) is 0 Å². The Hall–Kier alpha value is 0.310. The Morgan fingerprint density at radius 3 is 2.89 bits per heavy atom. The third-order valence-electron chi connectivity index (χ3n) is 1.90. The molecule has 2 heteroatoms. The molecular weight excluding hydrogens is 130 g/mol. The summed E-state index contributed by atoms with van der Waals surface area (Å²) < 4.78 is 0. The van der Waals surface area contributed by atoms with Gasteiger partial charge in [0.1, 0.15) is 0 Å². The van der Waals surface area contributed by atoms with Gasteiger partial charge in [0.05, 0.1) is 0 Å². The first kappa shape index (κ1) is 7.42. The SMILES string of the molecule is CCC1NCCSC1C. The van der Waals surface area contributed by atoms with Gasteiger partial charge in [-0.3, -0.25) is 0 Å². The molecule has 0 radical (unpaired) electrons. The molecule has 1 nitrogen and oxygen atoms in total. The van der Waals surface area contributed by atoms with Crippen LogP contribution < -0.4 is 5.32 Å². The number of hydrogen-bond acceptors (Lipinski definition) is 2. The quantitative estimate of drug-likeness (QED) is 0.600. The lowest BCUT2D eigenvalue weighted by molar-refractivity contribution is 0.498. The number of nitrogens with one attached hydrogen (secondary N) is 1. The maximum atomic E-state index is 3.50. The highest BCUT2D eigenvalue weighted by atomic mass is 32.2. The summed E-state index contributed by atoms with van der Waals surface area (Å²) in [5.41, 5.74) is 0. The predicted octanol–water partition coefficient (Wildman–Crippen LogP) is 1.49. The minimum absolute atomic E-state index is 0.767. The fourth-order valence-corrected chi connectivity index (χ4v) is 2.38. The van der Waals surface area contributed by atoms with E-state index in [4.69, 9.17) is 0 Å². The van der Waals surface area contributed by atoms with Crippen molar-refractivity contribution in [1.82, 2.24) is 5.32 Å². The molecule has 54 valence electrons. The monoisotopic (exact) mass is 145 g/mol. The van der Waals surface area contributed by atoms with E-state index in [0.29, 0.717) is 0 Å². The lowest BCUT2D eigenvalue weighted by Gasteiger charge is -2.28. The molecule has 0 spiro atoms. The van der Waals surface area contributed by atoms with Crippen molar-refractivity contribution >= 4 is 11.8 Å². The highest BCUT2D eigenvalue weighted by Gasteiger charge is 2.18. The molecule has 1 fully saturated rings. The minimum atomic E-state index is 0.767. The van der Waals surface area contributed by atoms with Crippen molar-refractivity contribution in [2.45, 2.75) is 31.6 Å². The highest BCUT2D eigenvalue weighted by molar-refractivity contribution is 8.00. The molecule has 0 bridgehead atoms. The van der Waals surface area contributed by atoms with Crippen LogP contribution in [0.5, 0.6) is 0 Å². The molecule has 1 N–H and O–H groups in total. The van der Waals surface area contributed by atoms with E-state index >= 15 is 0 Å². The average Bonchev–Trinajstić information content (AvgIpc) is 1.89. The predicted molar refractivity (Wildman–Crippen MR) is 44.0 cm³/mol. The van der Waals surface area contributed by atoms with E-state index in [0.717, 1.165) is 11.3 Å². The molecule has 2 unspecified atom stereocenters. The molecule has 0 aromatic rings. The van der Waals surface area contributed by atoms with Gasteiger partial charge in [-0.05, 0) is 6.42 Å². The standard InChI is InChI=1S/C7H15NS/c1-3-7-6(2)9-5-4-8-7/h6-8H,3-5H2,1-2H3. The molecule has 1 heterocycles. The van der Waals surface area contributed by atoms with Crippen molar-refractivity contribution < 1.29 is 0 Å². The van der Waals surface area contributed by atoms with Crippen LogP contribution in [0.4, 0.5) is 0 Å². The van der Waals surface area contributed by atoms with Crippen molar-refractivity contribution in [2.75, 3.05) is 12.3 Å². The molecule has 1 aliphatic heterocycles. The Bertz CT molecular complexity index is 85.0. The molecule has 0 amide bonds. The van der Waals surface area contributed by atoms with Gasteiger partial charge >= 0.3 is 0 Å². The maximum Gasteiger partial charge on any atom is 0.0181 e. The maximum absolute atomic E-state index is 3.50. The van der Waals surface area contributed by atoms with Crippen LogP contribution in [-0.2, 0) is 0 Å². The second kappa shape index (κ2) is 3.47. The smallest absolute Gasteiger partial charge is 0.0181 e. The number of hydrogen-bond donors (Lipinski definition) is 1. The van der Waals surface area contributed by atoms with Crippen LogP contribution in [0.25, 0.3) is 0 Å². The van der Waals surface area contributed by atoms with Crippen LogP contribution in [0.15, 0.2) is 0 Å². The molecule has 0 aromatic heterocycles. The van der Waals surface area contributed by atoms with Crippen LogP contribution in [0, 0.1) is 0 Å². The molecule has 2 atom stereocenters. The molecule has 1 aliphatic rings. The molecule has 0 aromatic carbocycles. The molecule has 1 saturated heterocycles. The minimum Gasteiger partial charge on any atom is -0.312 e.